The minimum atomic E-state index is 0.179. The molecule has 34 heavy (non-hydrogen) atoms. The van der Waals surface area contributed by atoms with Gasteiger partial charge in [-0.3, -0.25) is 4.79 Å². The van der Waals surface area contributed by atoms with Gasteiger partial charge in [0.2, 0.25) is 5.91 Å². The Morgan fingerprint density at radius 1 is 1.06 bits per heavy atom. The highest BCUT2D eigenvalue weighted by Gasteiger charge is 2.33. The number of carbonyl (C=O) groups is 1. The third-order valence-electron chi connectivity index (χ3n) is 7.28. The SMILES string of the molecule is COc1cc(-c2cn(CC(=O)N(C3CCCCC3)C3CCCC3)nn2)ccc1-n1cnc(C)c1. The molecule has 0 bridgehead atoms. The fourth-order valence-electron chi connectivity index (χ4n) is 5.58. The summed E-state index contributed by atoms with van der Waals surface area (Å²) in [5.41, 5.74) is 3.48. The van der Waals surface area contributed by atoms with Gasteiger partial charge in [0.05, 0.1) is 31.0 Å². The van der Waals surface area contributed by atoms with Crippen LogP contribution in [0.3, 0.4) is 0 Å². The molecule has 3 aromatic rings. The number of nitrogens with zero attached hydrogens (tertiary/aromatic N) is 6. The molecule has 2 aliphatic carbocycles. The van der Waals surface area contributed by atoms with E-state index < -0.39 is 0 Å². The molecule has 0 spiro atoms. The number of imidazole rings is 1. The Morgan fingerprint density at radius 2 is 1.76 bits per heavy atom. The molecule has 0 N–H and O–H groups in total. The van der Waals surface area contributed by atoms with Gasteiger partial charge in [0.1, 0.15) is 18.0 Å². The molecule has 5 rings (SSSR count). The highest BCUT2D eigenvalue weighted by Crippen LogP contribution is 2.32. The van der Waals surface area contributed by atoms with Crippen molar-refractivity contribution in [3.05, 3.63) is 42.6 Å². The zero-order chi connectivity index (χ0) is 23.5. The van der Waals surface area contributed by atoms with Gasteiger partial charge in [-0.05, 0) is 44.7 Å². The predicted molar refractivity (Wildman–Crippen MR) is 130 cm³/mol. The fourth-order valence-corrected chi connectivity index (χ4v) is 5.58. The zero-order valence-corrected chi connectivity index (χ0v) is 20.2. The largest absolute Gasteiger partial charge is 0.495 e. The molecule has 8 nitrogen and oxygen atoms in total. The number of aryl methyl sites for hydroxylation is 1. The van der Waals surface area contributed by atoms with Crippen LogP contribution in [0.2, 0.25) is 0 Å². The van der Waals surface area contributed by atoms with Gasteiger partial charge in [0.15, 0.2) is 0 Å². The molecule has 1 aromatic carbocycles. The lowest BCUT2D eigenvalue weighted by atomic mass is 9.92. The van der Waals surface area contributed by atoms with Crippen molar-refractivity contribution in [3.63, 3.8) is 0 Å². The first kappa shape index (κ1) is 22.6. The van der Waals surface area contributed by atoms with Gasteiger partial charge in [-0.1, -0.05) is 43.4 Å². The summed E-state index contributed by atoms with van der Waals surface area (Å²) in [6.45, 7) is 2.20. The molecule has 0 atom stereocenters. The topological polar surface area (TPSA) is 78.1 Å². The number of hydrogen-bond donors (Lipinski definition) is 0. The first-order valence-electron chi connectivity index (χ1n) is 12.5. The van der Waals surface area contributed by atoms with Crippen molar-refractivity contribution >= 4 is 5.91 Å². The predicted octanol–water partition coefficient (Wildman–Crippen LogP) is 4.55. The number of benzene rings is 1. The fraction of sp³-hybridized carbons (Fsp3) is 0.538. The van der Waals surface area contributed by atoms with Crippen LogP contribution in [0.5, 0.6) is 5.75 Å². The van der Waals surface area contributed by atoms with Crippen LogP contribution < -0.4 is 4.74 Å². The average Bonchev–Trinajstić information content (AvgIpc) is 3.63. The van der Waals surface area contributed by atoms with Crippen molar-refractivity contribution in [1.29, 1.82) is 0 Å². The molecule has 0 aliphatic heterocycles. The maximum atomic E-state index is 13.5. The number of methoxy groups -OCH3 is 1. The molecular formula is C26H34N6O2. The Balaban J connectivity index is 1.33. The Labute approximate surface area is 200 Å². The molecule has 180 valence electrons. The van der Waals surface area contributed by atoms with Crippen molar-refractivity contribution in [3.8, 4) is 22.7 Å². The molecule has 2 saturated carbocycles. The normalized spacial score (nSPS) is 17.2. The number of hydrogen-bond acceptors (Lipinski definition) is 5. The third kappa shape index (κ3) is 4.72. The van der Waals surface area contributed by atoms with E-state index >= 15 is 0 Å². The molecule has 2 fully saturated rings. The highest BCUT2D eigenvalue weighted by molar-refractivity contribution is 5.77. The van der Waals surface area contributed by atoms with Crippen LogP contribution in [0.25, 0.3) is 16.9 Å². The van der Waals surface area contributed by atoms with Gasteiger partial charge >= 0.3 is 0 Å². The second-order valence-electron chi connectivity index (χ2n) is 9.64. The van der Waals surface area contributed by atoms with E-state index in [0.29, 0.717) is 12.1 Å². The van der Waals surface area contributed by atoms with Gasteiger partial charge in [-0.2, -0.15) is 0 Å². The van der Waals surface area contributed by atoms with Gasteiger partial charge in [-0.25, -0.2) is 9.67 Å². The number of carbonyl (C=O) groups excluding carboxylic acids is 1. The quantitative estimate of drug-likeness (QED) is 0.515. The van der Waals surface area contributed by atoms with Crippen LogP contribution in [0, 0.1) is 6.92 Å². The van der Waals surface area contributed by atoms with E-state index in [-0.39, 0.29) is 12.5 Å². The number of aromatic nitrogens is 5. The summed E-state index contributed by atoms with van der Waals surface area (Å²) < 4.78 is 9.26. The number of amides is 1. The van der Waals surface area contributed by atoms with E-state index in [1.54, 1.807) is 18.1 Å². The van der Waals surface area contributed by atoms with Gasteiger partial charge in [-0.15, -0.1) is 5.10 Å². The standard InChI is InChI=1S/C26H34N6O2/c1-19-15-30(18-27-19)24-13-12-20(14-25(24)34-2)23-16-31(29-28-23)17-26(33)32(22-10-6-7-11-22)21-8-4-3-5-9-21/h12-16,18,21-22H,3-11,17H2,1-2H3. The van der Waals surface area contributed by atoms with Crippen molar-refractivity contribution in [2.24, 2.45) is 0 Å². The molecule has 2 aliphatic rings. The number of rotatable bonds is 7. The summed E-state index contributed by atoms with van der Waals surface area (Å²) in [5, 5.41) is 8.65. The van der Waals surface area contributed by atoms with E-state index in [2.05, 4.69) is 20.2 Å². The molecule has 1 amide bonds. The summed E-state index contributed by atoms with van der Waals surface area (Å²) in [4.78, 5) is 20.0. The molecular weight excluding hydrogens is 428 g/mol. The highest BCUT2D eigenvalue weighted by atomic mass is 16.5. The summed E-state index contributed by atoms with van der Waals surface area (Å²) in [6.07, 6.45) is 16.3. The molecule has 2 heterocycles. The van der Waals surface area contributed by atoms with Crippen LogP contribution in [-0.4, -0.2) is 54.5 Å². The average molecular weight is 463 g/mol. The molecule has 0 unspecified atom stereocenters. The lowest BCUT2D eigenvalue weighted by Crippen LogP contribution is -2.48. The Morgan fingerprint density at radius 3 is 2.41 bits per heavy atom. The van der Waals surface area contributed by atoms with Crippen molar-refractivity contribution in [2.75, 3.05) is 7.11 Å². The summed E-state index contributed by atoms with van der Waals surface area (Å²) in [7, 11) is 1.66. The van der Waals surface area contributed by atoms with Crippen molar-refractivity contribution < 1.29 is 9.53 Å². The lowest BCUT2D eigenvalue weighted by molar-refractivity contribution is -0.137. The maximum Gasteiger partial charge on any atom is 0.244 e. The molecule has 0 radical (unpaired) electrons. The second kappa shape index (κ2) is 9.99. The van der Waals surface area contributed by atoms with E-state index in [9.17, 15) is 4.79 Å². The Hall–Kier alpha value is -3.16. The minimum absolute atomic E-state index is 0.179. The van der Waals surface area contributed by atoms with Gasteiger partial charge < -0.3 is 14.2 Å². The molecule has 8 heteroatoms. The maximum absolute atomic E-state index is 13.5. The van der Waals surface area contributed by atoms with E-state index in [0.717, 1.165) is 54.1 Å². The lowest BCUT2D eigenvalue weighted by Gasteiger charge is -2.38. The Bertz CT molecular complexity index is 1120. The smallest absolute Gasteiger partial charge is 0.244 e. The van der Waals surface area contributed by atoms with Gasteiger partial charge in [0, 0.05) is 23.8 Å². The monoisotopic (exact) mass is 462 g/mol. The van der Waals surface area contributed by atoms with Crippen LogP contribution in [0.4, 0.5) is 0 Å². The second-order valence-corrected chi connectivity index (χ2v) is 9.64. The van der Waals surface area contributed by atoms with Gasteiger partial charge in [0.25, 0.3) is 0 Å². The zero-order valence-electron chi connectivity index (χ0n) is 20.2. The first-order valence-corrected chi connectivity index (χ1v) is 12.5. The van der Waals surface area contributed by atoms with E-state index in [4.69, 9.17) is 4.74 Å². The summed E-state index contributed by atoms with van der Waals surface area (Å²) in [6, 6.07) is 6.71. The van der Waals surface area contributed by atoms with Crippen LogP contribution in [0.1, 0.15) is 63.5 Å². The van der Waals surface area contributed by atoms with E-state index in [1.807, 2.05) is 42.1 Å². The first-order chi connectivity index (χ1) is 16.6. The van der Waals surface area contributed by atoms with Crippen molar-refractivity contribution in [2.45, 2.75) is 83.3 Å². The summed E-state index contributed by atoms with van der Waals surface area (Å²) >= 11 is 0. The molecule has 2 aromatic heterocycles. The number of ether oxygens (including phenoxy) is 1. The minimum Gasteiger partial charge on any atom is -0.495 e. The summed E-state index contributed by atoms with van der Waals surface area (Å²) in [5.74, 6) is 0.906. The molecule has 0 saturated heterocycles. The van der Waals surface area contributed by atoms with Crippen LogP contribution in [0.15, 0.2) is 36.9 Å². The van der Waals surface area contributed by atoms with Crippen LogP contribution in [-0.2, 0) is 11.3 Å². The van der Waals surface area contributed by atoms with E-state index in [1.165, 1.54) is 32.1 Å². The third-order valence-corrected chi connectivity index (χ3v) is 7.28. The van der Waals surface area contributed by atoms with Crippen LogP contribution >= 0.6 is 0 Å². The van der Waals surface area contributed by atoms with Crippen molar-refractivity contribution in [1.82, 2.24) is 29.4 Å². The Kier molecular flexibility index (Phi) is 6.65.